The van der Waals surface area contributed by atoms with Crippen molar-refractivity contribution in [2.75, 3.05) is 20.3 Å². The van der Waals surface area contributed by atoms with Gasteiger partial charge in [0.15, 0.2) is 11.6 Å². The van der Waals surface area contributed by atoms with E-state index in [1.165, 1.54) is 13.2 Å². The fourth-order valence-corrected chi connectivity index (χ4v) is 7.86. The molecule has 0 N–H and O–H groups in total. The van der Waals surface area contributed by atoms with Crippen LogP contribution in [-0.2, 0) is 33.4 Å². The minimum absolute atomic E-state index is 0.0663. The first-order chi connectivity index (χ1) is 18.6. The van der Waals surface area contributed by atoms with Crippen molar-refractivity contribution < 1.29 is 51.0 Å². The zero-order valence-corrected chi connectivity index (χ0v) is 23.1. The number of hydrogen-bond acceptors (Lipinski definition) is 7. The van der Waals surface area contributed by atoms with Gasteiger partial charge in [-0.3, -0.25) is 14.4 Å². The van der Waals surface area contributed by atoms with Gasteiger partial charge >= 0.3 is 18.1 Å². The van der Waals surface area contributed by atoms with E-state index in [1.807, 2.05) is 13.8 Å². The van der Waals surface area contributed by atoms with Crippen LogP contribution in [0.5, 0.6) is 0 Å². The highest BCUT2D eigenvalue weighted by Gasteiger charge is 2.67. The number of fused-ring (bicyclic) bond motifs is 5. The lowest BCUT2D eigenvalue weighted by molar-refractivity contribution is -0.208. The Morgan fingerprint density at radius 2 is 1.80 bits per heavy atom. The molecular formula is C29H36F4O7. The first-order valence-electron chi connectivity index (χ1n) is 13.7. The van der Waals surface area contributed by atoms with E-state index in [1.54, 1.807) is 12.2 Å². The lowest BCUT2D eigenvalue weighted by Crippen LogP contribution is -2.60. The van der Waals surface area contributed by atoms with Gasteiger partial charge in [-0.25, -0.2) is 9.18 Å². The molecule has 4 rings (SSSR count). The van der Waals surface area contributed by atoms with Crippen molar-refractivity contribution >= 4 is 23.5 Å². The Labute approximate surface area is 230 Å². The maximum Gasteiger partial charge on any atom is 0.490 e. The number of carbonyl (C=O) groups is 4. The Balaban J connectivity index is 1.43. The van der Waals surface area contributed by atoms with Gasteiger partial charge in [-0.05, 0) is 81.8 Å². The molecule has 0 spiro atoms. The lowest BCUT2D eigenvalue weighted by atomic mass is 9.46. The van der Waals surface area contributed by atoms with Crippen LogP contribution >= 0.6 is 0 Å². The summed E-state index contributed by atoms with van der Waals surface area (Å²) in [6, 6.07) is 0. The molecule has 0 aromatic heterocycles. The average molecular weight is 573 g/mol. The standard InChI is InChI=1S/C29H36F4O7/c1-16(40-25(37)29(31,32)33)19(14-38-4)24(36)39-15-23(35)22-8-7-20-21-6-5-17-13-18(34)9-10-27(17,3)28(21,30)12-11-26(20,22)2/h9-10,13,16,19-22H,5-8,11-12,14-15H2,1-4H3/t16?,19?,20-,21-,22+,26-,27-,28+/m0/s1. The molecule has 0 aromatic rings. The van der Waals surface area contributed by atoms with E-state index in [9.17, 15) is 32.3 Å². The Morgan fingerprint density at radius 1 is 1.10 bits per heavy atom. The summed E-state index contributed by atoms with van der Waals surface area (Å²) in [5.74, 6) is -6.09. The van der Waals surface area contributed by atoms with Gasteiger partial charge in [0.1, 0.15) is 24.3 Å². The second kappa shape index (κ2) is 10.7. The molecule has 2 unspecified atom stereocenters. The molecule has 4 aliphatic carbocycles. The third-order valence-electron chi connectivity index (χ3n) is 10.1. The summed E-state index contributed by atoms with van der Waals surface area (Å²) in [5, 5.41) is 0. The molecule has 3 saturated carbocycles. The van der Waals surface area contributed by atoms with E-state index in [4.69, 9.17) is 9.47 Å². The van der Waals surface area contributed by atoms with E-state index in [2.05, 4.69) is 4.74 Å². The largest absolute Gasteiger partial charge is 0.490 e. The number of esters is 2. The van der Waals surface area contributed by atoms with Gasteiger partial charge < -0.3 is 14.2 Å². The minimum atomic E-state index is -5.23. The predicted octanol–water partition coefficient (Wildman–Crippen LogP) is 4.87. The number of hydrogen-bond donors (Lipinski definition) is 0. The molecule has 0 amide bonds. The fourth-order valence-electron chi connectivity index (χ4n) is 7.86. The molecular weight excluding hydrogens is 536 g/mol. The van der Waals surface area contributed by atoms with Gasteiger partial charge in [-0.15, -0.1) is 0 Å². The number of allylic oxidation sites excluding steroid dienone is 4. The Kier molecular flexibility index (Phi) is 8.12. The van der Waals surface area contributed by atoms with Crippen LogP contribution in [-0.4, -0.2) is 61.8 Å². The molecule has 7 nitrogen and oxygen atoms in total. The topological polar surface area (TPSA) is 96.0 Å². The summed E-state index contributed by atoms with van der Waals surface area (Å²) in [6.45, 7) is 4.00. The van der Waals surface area contributed by atoms with Crippen LogP contribution in [0.1, 0.15) is 59.3 Å². The van der Waals surface area contributed by atoms with Crippen molar-refractivity contribution in [3.05, 3.63) is 23.8 Å². The number of ketones is 2. The van der Waals surface area contributed by atoms with E-state index in [-0.39, 0.29) is 36.4 Å². The van der Waals surface area contributed by atoms with Crippen LogP contribution in [0.4, 0.5) is 17.6 Å². The molecule has 11 heteroatoms. The molecule has 40 heavy (non-hydrogen) atoms. The van der Waals surface area contributed by atoms with Gasteiger partial charge in [-0.2, -0.15) is 13.2 Å². The first-order valence-corrected chi connectivity index (χ1v) is 13.7. The smallest absolute Gasteiger partial charge is 0.457 e. The monoisotopic (exact) mass is 572 g/mol. The zero-order chi connectivity index (χ0) is 29.7. The second-order valence-electron chi connectivity index (χ2n) is 12.1. The predicted molar refractivity (Wildman–Crippen MR) is 133 cm³/mol. The molecule has 3 fully saturated rings. The van der Waals surface area contributed by atoms with E-state index in [0.717, 1.165) is 12.5 Å². The number of methoxy groups -OCH3 is 1. The van der Waals surface area contributed by atoms with Crippen molar-refractivity contribution in [3.8, 4) is 0 Å². The minimum Gasteiger partial charge on any atom is -0.457 e. The van der Waals surface area contributed by atoms with E-state index < -0.39 is 59.2 Å². The first kappa shape index (κ1) is 30.4. The third kappa shape index (κ3) is 5.03. The van der Waals surface area contributed by atoms with Gasteiger partial charge in [0.2, 0.25) is 0 Å². The molecule has 0 aromatic carbocycles. The maximum absolute atomic E-state index is 17.0. The van der Waals surface area contributed by atoms with Gasteiger partial charge in [0, 0.05) is 18.4 Å². The highest BCUT2D eigenvalue weighted by molar-refractivity contribution is 6.01. The van der Waals surface area contributed by atoms with Gasteiger partial charge in [0.05, 0.1) is 6.61 Å². The summed E-state index contributed by atoms with van der Waals surface area (Å²) in [6.07, 6.45) is 1.03. The molecule has 222 valence electrons. The summed E-state index contributed by atoms with van der Waals surface area (Å²) in [7, 11) is 1.22. The van der Waals surface area contributed by atoms with E-state index in [0.29, 0.717) is 32.1 Å². The highest BCUT2D eigenvalue weighted by atomic mass is 19.4. The number of carbonyl (C=O) groups excluding carboxylic acids is 4. The van der Waals surface area contributed by atoms with Crippen molar-refractivity contribution in [3.63, 3.8) is 0 Å². The number of rotatable bonds is 8. The van der Waals surface area contributed by atoms with Crippen LogP contribution in [0.3, 0.4) is 0 Å². The average Bonchev–Trinajstić information content (AvgIpc) is 3.23. The molecule has 0 bridgehead atoms. The molecule has 8 atom stereocenters. The maximum atomic E-state index is 17.0. The Hall–Kier alpha value is -2.56. The summed E-state index contributed by atoms with van der Waals surface area (Å²) in [5.41, 5.74) is -2.09. The van der Waals surface area contributed by atoms with Crippen molar-refractivity contribution in [1.29, 1.82) is 0 Å². The molecule has 4 aliphatic rings. The lowest BCUT2D eigenvalue weighted by Gasteiger charge is -2.60. The fraction of sp³-hybridized carbons (Fsp3) is 0.724. The SMILES string of the molecule is COCC(C(=O)OCC(=O)[C@H]1CC[C@H]2[C@@H]3CCC4=CC(=O)C=C[C@]4(C)[C@@]3(F)CC[C@]12C)C(C)OC(=O)C(F)(F)F. The normalized spacial score (nSPS) is 36.5. The van der Waals surface area contributed by atoms with Crippen LogP contribution < -0.4 is 0 Å². The zero-order valence-electron chi connectivity index (χ0n) is 23.1. The second-order valence-corrected chi connectivity index (χ2v) is 12.1. The summed E-state index contributed by atoms with van der Waals surface area (Å²) >= 11 is 0. The Bertz CT molecular complexity index is 1130. The number of ether oxygens (including phenoxy) is 3. The third-order valence-corrected chi connectivity index (χ3v) is 10.1. The van der Waals surface area contributed by atoms with Crippen molar-refractivity contribution in [2.45, 2.75) is 77.2 Å². The molecule has 0 aliphatic heterocycles. The number of Topliss-reactive ketones (excluding diaryl/α,β-unsaturated/α-hetero) is 1. The van der Waals surface area contributed by atoms with Crippen molar-refractivity contribution in [2.24, 2.45) is 34.5 Å². The molecule has 0 radical (unpaired) electrons. The van der Waals surface area contributed by atoms with Crippen molar-refractivity contribution in [1.82, 2.24) is 0 Å². The Morgan fingerprint density at radius 3 is 2.45 bits per heavy atom. The summed E-state index contributed by atoms with van der Waals surface area (Å²) < 4.78 is 69.2. The van der Waals surface area contributed by atoms with Crippen LogP contribution in [0.15, 0.2) is 23.8 Å². The van der Waals surface area contributed by atoms with Crippen LogP contribution in [0, 0.1) is 34.5 Å². The quantitative estimate of drug-likeness (QED) is 0.303. The van der Waals surface area contributed by atoms with Gasteiger partial charge in [0.25, 0.3) is 0 Å². The molecule has 0 heterocycles. The van der Waals surface area contributed by atoms with Crippen LogP contribution in [0.2, 0.25) is 0 Å². The summed E-state index contributed by atoms with van der Waals surface area (Å²) in [4.78, 5) is 49.2. The highest BCUT2D eigenvalue weighted by Crippen LogP contribution is 2.68. The number of alkyl halides is 4. The van der Waals surface area contributed by atoms with E-state index >= 15 is 4.39 Å². The van der Waals surface area contributed by atoms with Gasteiger partial charge in [-0.1, -0.05) is 18.6 Å². The molecule has 0 saturated heterocycles. The van der Waals surface area contributed by atoms with Crippen LogP contribution in [0.25, 0.3) is 0 Å². The number of halogens is 4.